The summed E-state index contributed by atoms with van der Waals surface area (Å²) in [5, 5.41) is 17.3. The first kappa shape index (κ1) is 45.6. The molecule has 2 aromatic carbocycles. The fourth-order valence-electron chi connectivity index (χ4n) is 7.02. The van der Waals surface area contributed by atoms with Gasteiger partial charge in [0.1, 0.15) is 5.01 Å². The number of thiazole rings is 1. The van der Waals surface area contributed by atoms with Gasteiger partial charge in [-0.25, -0.2) is 27.0 Å². The maximum Gasteiger partial charge on any atom is 0.390 e. The lowest BCUT2D eigenvalue weighted by atomic mass is 9.95. The van der Waals surface area contributed by atoms with E-state index in [0.29, 0.717) is 27.8 Å². The Labute approximate surface area is 332 Å². The van der Waals surface area contributed by atoms with Gasteiger partial charge in [0.05, 0.1) is 46.8 Å². The molecule has 0 bridgehead atoms. The fourth-order valence-corrected chi connectivity index (χ4v) is 11.0. The summed E-state index contributed by atoms with van der Waals surface area (Å²) in [5.41, 5.74) is 1.25. The lowest BCUT2D eigenvalue weighted by Gasteiger charge is -2.44. The van der Waals surface area contributed by atoms with Gasteiger partial charge in [-0.3, -0.25) is 9.59 Å². The summed E-state index contributed by atoms with van der Waals surface area (Å²) in [7, 11) is -8.96. The number of hydrogen-bond acceptors (Lipinski definition) is 9. The number of carbonyl (C=O) groups is 2. The van der Waals surface area contributed by atoms with Gasteiger partial charge >= 0.3 is 6.18 Å². The molecule has 1 saturated heterocycles. The monoisotopic (exact) mass is 844 g/mol. The van der Waals surface area contributed by atoms with Gasteiger partial charge in [-0.15, -0.1) is 11.3 Å². The largest absolute Gasteiger partial charge is 0.390 e. The predicted molar refractivity (Wildman–Crippen MR) is 214 cm³/mol. The molecule has 0 spiro atoms. The third-order valence-corrected chi connectivity index (χ3v) is 14.6. The molecule has 3 aromatic rings. The zero-order chi connectivity index (χ0) is 41.2. The molecule has 1 atom stereocenters. The molecule has 11 nitrogen and oxygen atoms in total. The van der Waals surface area contributed by atoms with Crippen LogP contribution in [0.3, 0.4) is 0 Å². The first-order chi connectivity index (χ1) is 26.3. The van der Waals surface area contributed by atoms with Crippen molar-refractivity contribution in [2.45, 2.75) is 120 Å². The average Bonchev–Trinajstić information content (AvgIpc) is 3.54. The van der Waals surface area contributed by atoms with Crippen LogP contribution in [0.2, 0.25) is 0 Å². The molecule has 17 heteroatoms. The van der Waals surface area contributed by atoms with Gasteiger partial charge in [0, 0.05) is 12.1 Å². The second-order valence-electron chi connectivity index (χ2n) is 15.2. The lowest BCUT2D eigenvalue weighted by Crippen LogP contribution is -2.61. The summed E-state index contributed by atoms with van der Waals surface area (Å²) in [4.78, 5) is 33.0. The molecule has 0 saturated carbocycles. The molecule has 56 heavy (non-hydrogen) atoms. The SMILES string of the molecule is CCCCCCCCCCCCCCC(C(=O)NCCS(N)(=O)=O)(c1nc2ccc(-c3ccc(C(=O)N4CC(C)(O)C4)cc3)cc2s1)S(=O)(=O)CCC(F)(F)F. The number of amides is 2. The minimum Gasteiger partial charge on any atom is -0.386 e. The number of carbonyl (C=O) groups excluding carboxylic acids is 2. The molecular formula is C39H55F3N4O7S3. The predicted octanol–water partition coefficient (Wildman–Crippen LogP) is 7.23. The van der Waals surface area contributed by atoms with E-state index in [1.54, 1.807) is 49.4 Å². The molecule has 2 heterocycles. The van der Waals surface area contributed by atoms with Crippen molar-refractivity contribution < 1.29 is 44.7 Å². The van der Waals surface area contributed by atoms with Gasteiger partial charge in [0.25, 0.3) is 5.91 Å². The molecule has 312 valence electrons. The quantitative estimate of drug-likeness (QED) is 0.0838. The van der Waals surface area contributed by atoms with E-state index in [1.165, 1.54) is 37.0 Å². The standard InChI is InChI=1S/C39H55F3N4O7S3/c1-3-4-5-6-7-8-9-10-11-12-13-14-21-38(35(48)44-23-25-56(43,52)53,55(50,51)24-22-39(40,41)42)36-45-32-20-19-31(26-33(32)54-36)29-15-17-30(18-16-29)34(47)46-27-37(2,49)28-46/h15-20,26,49H,3-14,21-25,27-28H2,1-2H3,(H,44,48)(H2,43,52,53). The smallest absolute Gasteiger partial charge is 0.386 e. The highest BCUT2D eigenvalue weighted by Gasteiger charge is 2.54. The highest BCUT2D eigenvalue weighted by molar-refractivity contribution is 7.93. The normalized spacial score (nSPS) is 15.7. The number of nitrogens with zero attached hydrogens (tertiary/aromatic N) is 2. The first-order valence-corrected chi connectivity index (χ1v) is 23.6. The van der Waals surface area contributed by atoms with E-state index in [9.17, 15) is 44.7 Å². The number of aliphatic hydroxyl groups is 1. The molecule has 1 aliphatic rings. The molecule has 0 radical (unpaired) electrons. The van der Waals surface area contributed by atoms with Gasteiger partial charge in [-0.05, 0) is 48.7 Å². The molecule has 1 aliphatic heterocycles. The summed E-state index contributed by atoms with van der Waals surface area (Å²) in [5.74, 6) is -3.43. The average molecular weight is 845 g/mol. The Balaban J connectivity index is 1.61. The second kappa shape index (κ2) is 19.6. The number of nitrogens with two attached hydrogens (primary N) is 1. The summed E-state index contributed by atoms with van der Waals surface area (Å²) in [6, 6.07) is 11.9. The van der Waals surface area contributed by atoms with Gasteiger partial charge in [0.15, 0.2) is 9.84 Å². The zero-order valence-corrected chi connectivity index (χ0v) is 34.7. The van der Waals surface area contributed by atoms with E-state index in [-0.39, 0.29) is 36.8 Å². The van der Waals surface area contributed by atoms with E-state index >= 15 is 0 Å². The number of unbranched alkanes of at least 4 members (excludes halogenated alkanes) is 11. The Kier molecular flexibility index (Phi) is 15.9. The topological polar surface area (TPSA) is 177 Å². The maximum atomic E-state index is 14.2. The number of β-amino-alcohol motifs (C(OH)–C–C–N with tert-alkyl or cyclic N) is 1. The van der Waals surface area contributed by atoms with E-state index in [2.05, 4.69) is 17.2 Å². The number of halogens is 3. The van der Waals surface area contributed by atoms with Crippen LogP contribution >= 0.6 is 11.3 Å². The van der Waals surface area contributed by atoms with Gasteiger partial charge in [0.2, 0.25) is 20.7 Å². The van der Waals surface area contributed by atoms with Crippen molar-refractivity contribution in [2.75, 3.05) is 31.1 Å². The number of sulfone groups is 1. The summed E-state index contributed by atoms with van der Waals surface area (Å²) >= 11 is 0.887. The summed E-state index contributed by atoms with van der Waals surface area (Å²) < 4.78 is 90.3. The van der Waals surface area contributed by atoms with Crippen LogP contribution in [0.4, 0.5) is 13.2 Å². The van der Waals surface area contributed by atoms with Crippen LogP contribution in [0, 0.1) is 0 Å². The van der Waals surface area contributed by atoms with Crippen LogP contribution in [0.1, 0.15) is 119 Å². The van der Waals surface area contributed by atoms with Crippen LogP contribution in [0.25, 0.3) is 21.3 Å². The summed E-state index contributed by atoms with van der Waals surface area (Å²) in [6.45, 7) is 3.75. The third kappa shape index (κ3) is 12.7. The maximum absolute atomic E-state index is 14.2. The Morgan fingerprint density at radius 3 is 1.95 bits per heavy atom. The van der Waals surface area contributed by atoms with Crippen molar-refractivity contribution in [3.8, 4) is 11.1 Å². The number of rotatable bonds is 23. The Morgan fingerprint density at radius 1 is 0.857 bits per heavy atom. The number of likely N-dealkylation sites (tertiary alicyclic amines) is 1. The lowest BCUT2D eigenvalue weighted by molar-refractivity contribution is -0.130. The van der Waals surface area contributed by atoms with Crippen molar-refractivity contribution >= 4 is 53.2 Å². The molecule has 4 N–H and O–H groups in total. The van der Waals surface area contributed by atoms with E-state index in [0.717, 1.165) is 49.0 Å². The number of nitrogens with one attached hydrogen (secondary N) is 1. The number of primary sulfonamides is 1. The zero-order valence-electron chi connectivity index (χ0n) is 32.2. The van der Waals surface area contributed by atoms with Crippen LogP contribution in [-0.2, 0) is 29.4 Å². The fraction of sp³-hybridized carbons (Fsp3) is 0.615. The Morgan fingerprint density at radius 2 is 1.41 bits per heavy atom. The number of fused-ring (bicyclic) bond motifs is 1. The van der Waals surface area contributed by atoms with Gasteiger partial charge in [-0.2, -0.15) is 13.2 Å². The number of aromatic nitrogens is 1. The van der Waals surface area contributed by atoms with Crippen molar-refractivity contribution in [3.63, 3.8) is 0 Å². The molecular weight excluding hydrogens is 790 g/mol. The minimum absolute atomic E-state index is 0.200. The van der Waals surface area contributed by atoms with Crippen LogP contribution in [-0.4, -0.2) is 86.6 Å². The number of sulfonamides is 1. The second-order valence-corrected chi connectivity index (χ2v) is 20.3. The van der Waals surface area contributed by atoms with Crippen molar-refractivity contribution in [2.24, 2.45) is 5.14 Å². The van der Waals surface area contributed by atoms with Crippen molar-refractivity contribution in [1.82, 2.24) is 15.2 Å². The van der Waals surface area contributed by atoms with Crippen LogP contribution in [0.5, 0.6) is 0 Å². The van der Waals surface area contributed by atoms with Gasteiger partial charge < -0.3 is 15.3 Å². The Hall–Kier alpha value is -3.12. The van der Waals surface area contributed by atoms with E-state index in [1.807, 2.05) is 0 Å². The molecule has 1 unspecified atom stereocenters. The molecule has 2 amide bonds. The highest BCUT2D eigenvalue weighted by atomic mass is 32.2. The van der Waals surface area contributed by atoms with E-state index in [4.69, 9.17) is 5.14 Å². The van der Waals surface area contributed by atoms with Crippen LogP contribution < -0.4 is 10.5 Å². The number of hydrogen-bond donors (Lipinski definition) is 3. The highest BCUT2D eigenvalue weighted by Crippen LogP contribution is 2.43. The van der Waals surface area contributed by atoms with Crippen LogP contribution in [0.15, 0.2) is 42.5 Å². The molecule has 4 rings (SSSR count). The number of benzene rings is 2. The Bertz CT molecular complexity index is 2000. The van der Waals surface area contributed by atoms with E-state index < -0.39 is 66.8 Å². The minimum atomic E-state index is -4.90. The summed E-state index contributed by atoms with van der Waals surface area (Å²) in [6.07, 6.45) is 4.79. The van der Waals surface area contributed by atoms with Crippen molar-refractivity contribution in [1.29, 1.82) is 0 Å². The molecule has 1 aromatic heterocycles. The van der Waals surface area contributed by atoms with Gasteiger partial charge in [-0.1, -0.05) is 102 Å². The number of alkyl halides is 3. The van der Waals surface area contributed by atoms with Crippen molar-refractivity contribution in [3.05, 3.63) is 53.0 Å². The first-order valence-electron chi connectivity index (χ1n) is 19.4. The third-order valence-electron chi connectivity index (χ3n) is 10.2. The molecule has 1 fully saturated rings. The molecule has 0 aliphatic carbocycles.